The van der Waals surface area contributed by atoms with Gasteiger partial charge in [-0.05, 0) is 34.8 Å². The topological polar surface area (TPSA) is 35.0 Å². The molecule has 1 aliphatic carbocycles. The third-order valence-corrected chi connectivity index (χ3v) is 5.11. The lowest BCUT2D eigenvalue weighted by Gasteiger charge is -2.11. The van der Waals surface area contributed by atoms with Crippen molar-refractivity contribution in [1.29, 1.82) is 0 Å². The Hall–Kier alpha value is -1.13. The summed E-state index contributed by atoms with van der Waals surface area (Å²) in [4.78, 5) is 9.21. The zero-order valence-corrected chi connectivity index (χ0v) is 13.0. The second kappa shape index (κ2) is 4.71. The van der Waals surface area contributed by atoms with Crippen molar-refractivity contribution in [3.8, 4) is 5.75 Å². The van der Waals surface area contributed by atoms with Crippen LogP contribution in [0.2, 0.25) is 5.15 Å². The van der Waals surface area contributed by atoms with Gasteiger partial charge in [0.1, 0.15) is 23.3 Å². The molecule has 1 aliphatic heterocycles. The second-order valence-corrected chi connectivity index (χ2v) is 6.40. The molecule has 0 bridgehead atoms. The minimum atomic E-state index is 0.0781. The van der Waals surface area contributed by atoms with Gasteiger partial charge in [-0.25, -0.2) is 9.97 Å². The van der Waals surface area contributed by atoms with E-state index in [2.05, 4.69) is 27.0 Å². The standard InChI is InChI=1S/C15H12BrClN2O/c16-12-13(8-5-6-8)18-15(19-14(12)17)10-7-20-11-4-2-1-3-9(10)11/h1-4,8,10H,5-7H2. The Morgan fingerprint density at radius 2 is 2.00 bits per heavy atom. The van der Waals surface area contributed by atoms with E-state index >= 15 is 0 Å². The first-order valence-corrected chi connectivity index (χ1v) is 7.85. The van der Waals surface area contributed by atoms with E-state index in [-0.39, 0.29) is 5.92 Å². The van der Waals surface area contributed by atoms with Crippen LogP contribution in [-0.4, -0.2) is 16.6 Å². The van der Waals surface area contributed by atoms with Crippen molar-refractivity contribution in [2.24, 2.45) is 0 Å². The molecule has 3 nitrogen and oxygen atoms in total. The van der Waals surface area contributed by atoms with Gasteiger partial charge in [0.25, 0.3) is 0 Å². The minimum absolute atomic E-state index is 0.0781. The molecule has 0 saturated heterocycles. The number of para-hydroxylation sites is 1. The summed E-state index contributed by atoms with van der Waals surface area (Å²) in [6, 6.07) is 8.05. The Balaban J connectivity index is 1.80. The van der Waals surface area contributed by atoms with E-state index in [0.29, 0.717) is 17.7 Å². The van der Waals surface area contributed by atoms with Gasteiger partial charge in [0.05, 0.1) is 16.1 Å². The summed E-state index contributed by atoms with van der Waals surface area (Å²) < 4.78 is 6.56. The molecule has 1 atom stereocenters. The molecule has 5 heteroatoms. The largest absolute Gasteiger partial charge is 0.492 e. The van der Waals surface area contributed by atoms with E-state index in [1.807, 2.05) is 18.2 Å². The molecule has 2 aromatic rings. The number of aromatic nitrogens is 2. The van der Waals surface area contributed by atoms with Crippen molar-refractivity contribution >= 4 is 27.5 Å². The van der Waals surface area contributed by atoms with Crippen molar-refractivity contribution in [2.75, 3.05) is 6.61 Å². The van der Waals surface area contributed by atoms with Gasteiger partial charge in [0.15, 0.2) is 0 Å². The summed E-state index contributed by atoms with van der Waals surface area (Å²) in [5.41, 5.74) is 2.19. The minimum Gasteiger partial charge on any atom is -0.492 e. The summed E-state index contributed by atoms with van der Waals surface area (Å²) in [6.07, 6.45) is 2.37. The average Bonchev–Trinajstić information content (AvgIpc) is 3.21. The van der Waals surface area contributed by atoms with Crippen molar-refractivity contribution in [1.82, 2.24) is 9.97 Å². The normalized spacial score (nSPS) is 20.6. The van der Waals surface area contributed by atoms with Crippen LogP contribution in [0.1, 0.15) is 41.8 Å². The molecule has 102 valence electrons. The molecule has 1 unspecified atom stereocenters. The van der Waals surface area contributed by atoms with Gasteiger partial charge in [-0.1, -0.05) is 29.8 Å². The SMILES string of the molecule is Clc1nc(C2COc3ccccc32)nc(C2CC2)c1Br. The summed E-state index contributed by atoms with van der Waals surface area (Å²) >= 11 is 9.76. The molecule has 1 saturated carbocycles. The van der Waals surface area contributed by atoms with Crippen LogP contribution in [0, 0.1) is 0 Å². The fourth-order valence-electron chi connectivity index (χ4n) is 2.61. The zero-order valence-electron chi connectivity index (χ0n) is 10.6. The van der Waals surface area contributed by atoms with Gasteiger partial charge in [0.2, 0.25) is 0 Å². The average molecular weight is 352 g/mol. The van der Waals surface area contributed by atoms with E-state index < -0.39 is 0 Å². The first-order valence-electron chi connectivity index (χ1n) is 6.68. The first kappa shape index (κ1) is 12.6. The lowest BCUT2D eigenvalue weighted by atomic mass is 10.0. The van der Waals surface area contributed by atoms with E-state index in [1.165, 1.54) is 12.8 Å². The number of hydrogen-bond acceptors (Lipinski definition) is 3. The molecule has 2 aliphatic rings. The van der Waals surface area contributed by atoms with Crippen LogP contribution in [0.25, 0.3) is 0 Å². The number of benzene rings is 1. The Morgan fingerprint density at radius 1 is 1.20 bits per heavy atom. The van der Waals surface area contributed by atoms with Gasteiger partial charge in [-0.15, -0.1) is 0 Å². The van der Waals surface area contributed by atoms with Gasteiger partial charge in [-0.3, -0.25) is 0 Å². The lowest BCUT2D eigenvalue weighted by molar-refractivity contribution is 0.339. The van der Waals surface area contributed by atoms with Gasteiger partial charge in [-0.2, -0.15) is 0 Å². The van der Waals surface area contributed by atoms with Crippen LogP contribution in [-0.2, 0) is 0 Å². The van der Waals surface area contributed by atoms with Crippen LogP contribution < -0.4 is 4.74 Å². The van der Waals surface area contributed by atoms with E-state index in [9.17, 15) is 0 Å². The summed E-state index contributed by atoms with van der Waals surface area (Å²) in [5, 5.41) is 0.501. The number of nitrogens with zero attached hydrogens (tertiary/aromatic N) is 2. The van der Waals surface area contributed by atoms with Crippen molar-refractivity contribution in [3.05, 3.63) is 51.0 Å². The molecular formula is C15H12BrClN2O. The highest BCUT2D eigenvalue weighted by Gasteiger charge is 2.33. The first-order chi connectivity index (χ1) is 9.74. The molecule has 2 heterocycles. The fraction of sp³-hybridized carbons (Fsp3) is 0.333. The van der Waals surface area contributed by atoms with Crippen LogP contribution in [0.4, 0.5) is 0 Å². The van der Waals surface area contributed by atoms with Crippen molar-refractivity contribution in [3.63, 3.8) is 0 Å². The molecule has 4 rings (SSSR count). The third-order valence-electron chi connectivity index (χ3n) is 3.83. The van der Waals surface area contributed by atoms with Gasteiger partial charge < -0.3 is 4.74 Å². The Kier molecular flexibility index (Phi) is 2.97. The number of rotatable bonds is 2. The fourth-order valence-corrected chi connectivity index (χ4v) is 3.30. The molecule has 0 amide bonds. The molecule has 0 radical (unpaired) electrons. The van der Waals surface area contributed by atoms with E-state index in [0.717, 1.165) is 27.3 Å². The van der Waals surface area contributed by atoms with E-state index in [4.69, 9.17) is 21.3 Å². The molecular weight excluding hydrogens is 340 g/mol. The molecule has 1 aromatic heterocycles. The highest BCUT2D eigenvalue weighted by Crippen LogP contribution is 2.45. The number of ether oxygens (including phenoxy) is 1. The maximum atomic E-state index is 6.26. The van der Waals surface area contributed by atoms with Gasteiger partial charge >= 0.3 is 0 Å². The third kappa shape index (κ3) is 2.02. The smallest absolute Gasteiger partial charge is 0.147 e. The zero-order chi connectivity index (χ0) is 13.7. The number of halogens is 2. The van der Waals surface area contributed by atoms with Crippen molar-refractivity contribution in [2.45, 2.75) is 24.7 Å². The molecule has 1 aromatic carbocycles. The van der Waals surface area contributed by atoms with E-state index in [1.54, 1.807) is 0 Å². The van der Waals surface area contributed by atoms with Crippen LogP contribution in [0.3, 0.4) is 0 Å². The number of hydrogen-bond donors (Lipinski definition) is 0. The quantitative estimate of drug-likeness (QED) is 0.757. The molecule has 20 heavy (non-hydrogen) atoms. The maximum Gasteiger partial charge on any atom is 0.147 e. The predicted molar refractivity (Wildman–Crippen MR) is 80.5 cm³/mol. The Bertz CT molecular complexity index is 688. The van der Waals surface area contributed by atoms with Crippen LogP contribution >= 0.6 is 27.5 Å². The van der Waals surface area contributed by atoms with Gasteiger partial charge in [0, 0.05) is 11.5 Å². The van der Waals surface area contributed by atoms with Crippen LogP contribution in [0.15, 0.2) is 28.7 Å². The summed E-state index contributed by atoms with van der Waals surface area (Å²) in [6.45, 7) is 0.585. The van der Waals surface area contributed by atoms with Crippen LogP contribution in [0.5, 0.6) is 5.75 Å². The highest BCUT2D eigenvalue weighted by molar-refractivity contribution is 9.10. The number of fused-ring (bicyclic) bond motifs is 1. The maximum absolute atomic E-state index is 6.26. The summed E-state index contributed by atoms with van der Waals surface area (Å²) in [7, 11) is 0. The van der Waals surface area contributed by atoms with Crippen molar-refractivity contribution < 1.29 is 4.74 Å². The second-order valence-electron chi connectivity index (χ2n) is 5.25. The summed E-state index contributed by atoms with van der Waals surface area (Å²) in [5.74, 6) is 2.30. The Labute approximate surface area is 130 Å². The monoisotopic (exact) mass is 350 g/mol. The molecule has 0 N–H and O–H groups in total. The predicted octanol–water partition coefficient (Wildman–Crippen LogP) is 4.29. The highest BCUT2D eigenvalue weighted by atomic mass is 79.9. The Morgan fingerprint density at radius 3 is 2.80 bits per heavy atom. The molecule has 0 spiro atoms. The lowest BCUT2D eigenvalue weighted by Crippen LogP contribution is -2.10. The molecule has 1 fully saturated rings.